The van der Waals surface area contributed by atoms with Crippen molar-refractivity contribution in [1.82, 2.24) is 15.3 Å². The fraction of sp³-hybridized carbons (Fsp3) is 0.438. The van der Waals surface area contributed by atoms with E-state index in [0.29, 0.717) is 5.56 Å². The molecule has 118 valence electrons. The number of nitrogens with one attached hydrogen (secondary N) is 2. The minimum absolute atomic E-state index is 0.175. The van der Waals surface area contributed by atoms with Crippen LogP contribution in [0.1, 0.15) is 56.6 Å². The molecule has 0 saturated heterocycles. The van der Waals surface area contributed by atoms with Crippen molar-refractivity contribution in [3.63, 3.8) is 0 Å². The van der Waals surface area contributed by atoms with Crippen LogP contribution in [-0.2, 0) is 0 Å². The van der Waals surface area contributed by atoms with E-state index < -0.39 is 0 Å². The van der Waals surface area contributed by atoms with Crippen LogP contribution in [0.3, 0.4) is 0 Å². The summed E-state index contributed by atoms with van der Waals surface area (Å²) in [4.78, 5) is 32.8. The molecular formula is C16H21N3O2S. The number of nitrogens with zero attached hydrogens (tertiary/aromatic N) is 1. The molecule has 1 amide bonds. The summed E-state index contributed by atoms with van der Waals surface area (Å²) in [5.41, 5.74) is 2.24. The zero-order valence-corrected chi connectivity index (χ0v) is 14.4. The van der Waals surface area contributed by atoms with Gasteiger partial charge in [-0.05, 0) is 45.7 Å². The summed E-state index contributed by atoms with van der Waals surface area (Å²) in [6.07, 6.45) is 0.723. The number of aromatic nitrogens is 2. The van der Waals surface area contributed by atoms with Gasteiger partial charge in [-0.3, -0.25) is 9.59 Å². The Morgan fingerprint density at radius 3 is 2.55 bits per heavy atom. The molecular weight excluding hydrogens is 298 g/mol. The predicted molar refractivity (Wildman–Crippen MR) is 88.6 cm³/mol. The molecule has 0 saturated carbocycles. The standard InChI is InChI=1S/C16H21N3O2S/c1-6-12(16-18-10(4)11(5)22-16)19-15(21)13-8(2)7-9(3)17-14(13)20/h7,12H,6H2,1-5H3,(H,17,20)(H,19,21). The highest BCUT2D eigenvalue weighted by atomic mass is 32.1. The van der Waals surface area contributed by atoms with Crippen LogP contribution in [0, 0.1) is 27.7 Å². The van der Waals surface area contributed by atoms with Crippen molar-refractivity contribution >= 4 is 17.2 Å². The maximum absolute atomic E-state index is 12.5. The lowest BCUT2D eigenvalue weighted by Crippen LogP contribution is -2.33. The lowest BCUT2D eigenvalue weighted by molar-refractivity contribution is 0.0933. The maximum atomic E-state index is 12.5. The molecule has 0 aliphatic rings. The van der Waals surface area contributed by atoms with Gasteiger partial charge in [0.2, 0.25) is 0 Å². The van der Waals surface area contributed by atoms with E-state index in [4.69, 9.17) is 0 Å². The van der Waals surface area contributed by atoms with Gasteiger partial charge in [-0.2, -0.15) is 0 Å². The molecule has 6 heteroatoms. The number of pyridine rings is 1. The molecule has 0 radical (unpaired) electrons. The molecule has 2 N–H and O–H groups in total. The van der Waals surface area contributed by atoms with Gasteiger partial charge < -0.3 is 10.3 Å². The number of aromatic amines is 1. The van der Waals surface area contributed by atoms with Gasteiger partial charge in [0.25, 0.3) is 11.5 Å². The first kappa shape index (κ1) is 16.4. The van der Waals surface area contributed by atoms with E-state index >= 15 is 0 Å². The average molecular weight is 319 g/mol. The molecule has 0 bridgehead atoms. The van der Waals surface area contributed by atoms with Gasteiger partial charge in [0.05, 0.1) is 11.7 Å². The smallest absolute Gasteiger partial charge is 0.261 e. The number of amides is 1. The first-order valence-electron chi connectivity index (χ1n) is 7.28. The second-order valence-corrected chi connectivity index (χ2v) is 6.70. The molecule has 0 fully saturated rings. The summed E-state index contributed by atoms with van der Waals surface area (Å²) >= 11 is 1.58. The van der Waals surface area contributed by atoms with Crippen LogP contribution >= 0.6 is 11.3 Å². The first-order chi connectivity index (χ1) is 10.3. The zero-order valence-electron chi connectivity index (χ0n) is 13.5. The van der Waals surface area contributed by atoms with Crippen LogP contribution in [0.4, 0.5) is 0 Å². The molecule has 0 aliphatic carbocycles. The topological polar surface area (TPSA) is 74.8 Å². The van der Waals surface area contributed by atoms with Gasteiger partial charge in [-0.25, -0.2) is 4.98 Å². The molecule has 1 unspecified atom stereocenters. The number of rotatable bonds is 4. The Balaban J connectivity index is 2.29. The first-order valence-corrected chi connectivity index (χ1v) is 8.10. The number of carbonyl (C=O) groups is 1. The molecule has 0 spiro atoms. The van der Waals surface area contributed by atoms with Gasteiger partial charge >= 0.3 is 0 Å². The molecule has 2 aromatic heterocycles. The van der Waals surface area contributed by atoms with Crippen LogP contribution in [0.15, 0.2) is 10.9 Å². The lowest BCUT2D eigenvalue weighted by Gasteiger charge is -2.15. The molecule has 2 aromatic rings. The van der Waals surface area contributed by atoms with Crippen molar-refractivity contribution in [2.75, 3.05) is 0 Å². The van der Waals surface area contributed by atoms with Crippen LogP contribution in [-0.4, -0.2) is 15.9 Å². The summed E-state index contributed by atoms with van der Waals surface area (Å²) in [6, 6.07) is 1.62. The van der Waals surface area contributed by atoms with E-state index in [1.807, 2.05) is 20.8 Å². The SMILES string of the molecule is CCC(NC(=O)c1c(C)cc(C)[nH]c1=O)c1nc(C)c(C)s1. The molecule has 22 heavy (non-hydrogen) atoms. The Hall–Kier alpha value is -1.95. The molecule has 5 nitrogen and oxygen atoms in total. The van der Waals surface area contributed by atoms with Crippen molar-refractivity contribution in [2.24, 2.45) is 0 Å². The van der Waals surface area contributed by atoms with Gasteiger partial charge in [0.1, 0.15) is 10.6 Å². The van der Waals surface area contributed by atoms with Crippen LogP contribution in [0.2, 0.25) is 0 Å². The van der Waals surface area contributed by atoms with Gasteiger partial charge in [-0.15, -0.1) is 11.3 Å². The number of hydrogen-bond acceptors (Lipinski definition) is 4. The Labute approximate surface area is 133 Å². The Kier molecular flexibility index (Phi) is 4.81. The van der Waals surface area contributed by atoms with E-state index in [2.05, 4.69) is 15.3 Å². The summed E-state index contributed by atoms with van der Waals surface area (Å²) in [6.45, 7) is 9.53. The van der Waals surface area contributed by atoms with Crippen molar-refractivity contribution in [2.45, 2.75) is 47.1 Å². The lowest BCUT2D eigenvalue weighted by atomic mass is 10.1. The molecule has 0 aliphatic heterocycles. The zero-order chi connectivity index (χ0) is 16.4. The maximum Gasteiger partial charge on any atom is 0.261 e. The highest BCUT2D eigenvalue weighted by Gasteiger charge is 2.21. The largest absolute Gasteiger partial charge is 0.343 e. The third-order valence-electron chi connectivity index (χ3n) is 3.65. The molecule has 0 aromatic carbocycles. The van der Waals surface area contributed by atoms with E-state index in [9.17, 15) is 9.59 Å². The normalized spacial score (nSPS) is 12.2. The second-order valence-electron chi connectivity index (χ2n) is 5.47. The van der Waals surface area contributed by atoms with Gasteiger partial charge in [0.15, 0.2) is 0 Å². The second kappa shape index (κ2) is 6.44. The van der Waals surface area contributed by atoms with Gasteiger partial charge in [-0.1, -0.05) is 6.92 Å². The van der Waals surface area contributed by atoms with E-state index in [0.717, 1.165) is 27.7 Å². The quantitative estimate of drug-likeness (QED) is 0.910. The number of hydrogen-bond donors (Lipinski definition) is 2. The Bertz CT molecular complexity index is 742. The van der Waals surface area contributed by atoms with Crippen LogP contribution < -0.4 is 10.9 Å². The van der Waals surface area contributed by atoms with E-state index in [1.54, 1.807) is 31.3 Å². The molecule has 2 rings (SSSR count). The predicted octanol–water partition coefficient (Wildman–Crippen LogP) is 2.95. The summed E-state index contributed by atoms with van der Waals surface area (Å²) in [5.74, 6) is -0.351. The van der Waals surface area contributed by atoms with Gasteiger partial charge in [0, 0.05) is 10.6 Å². The Morgan fingerprint density at radius 2 is 2.05 bits per heavy atom. The number of carbonyl (C=O) groups excluding carboxylic acids is 1. The number of aryl methyl sites for hydroxylation is 4. The average Bonchev–Trinajstić information content (AvgIpc) is 2.74. The minimum atomic E-state index is -0.351. The third-order valence-corrected chi connectivity index (χ3v) is 4.84. The summed E-state index contributed by atoms with van der Waals surface area (Å²) in [7, 11) is 0. The molecule has 1 atom stereocenters. The van der Waals surface area contributed by atoms with Crippen molar-refractivity contribution < 1.29 is 4.79 Å². The van der Waals surface area contributed by atoms with E-state index in [-0.39, 0.29) is 23.1 Å². The fourth-order valence-corrected chi connectivity index (χ4v) is 3.41. The minimum Gasteiger partial charge on any atom is -0.343 e. The van der Waals surface area contributed by atoms with E-state index in [1.165, 1.54) is 0 Å². The molecule has 2 heterocycles. The number of thiazole rings is 1. The Morgan fingerprint density at radius 1 is 1.36 bits per heavy atom. The van der Waals surface area contributed by atoms with Crippen molar-refractivity contribution in [1.29, 1.82) is 0 Å². The van der Waals surface area contributed by atoms with Crippen LogP contribution in [0.5, 0.6) is 0 Å². The van der Waals surface area contributed by atoms with Crippen molar-refractivity contribution in [3.8, 4) is 0 Å². The van der Waals surface area contributed by atoms with Crippen molar-refractivity contribution in [3.05, 3.63) is 48.8 Å². The highest BCUT2D eigenvalue weighted by molar-refractivity contribution is 7.11. The fourth-order valence-electron chi connectivity index (χ4n) is 2.35. The number of H-pyrrole nitrogens is 1. The summed E-state index contributed by atoms with van der Waals surface area (Å²) in [5, 5.41) is 3.81. The third kappa shape index (κ3) is 3.27. The highest BCUT2D eigenvalue weighted by Crippen LogP contribution is 2.25. The monoisotopic (exact) mass is 319 g/mol. The van der Waals surface area contributed by atoms with Crippen LogP contribution in [0.25, 0.3) is 0 Å². The summed E-state index contributed by atoms with van der Waals surface area (Å²) < 4.78 is 0.